The molecule has 3 rings (SSSR count). The number of pyridine rings is 1. The number of rotatable bonds is 4. The zero-order valence-electron chi connectivity index (χ0n) is 12.3. The van der Waals surface area contributed by atoms with Crippen LogP contribution in [0, 0.1) is 11.6 Å². The highest BCUT2D eigenvalue weighted by Gasteiger charge is 2.30. The summed E-state index contributed by atoms with van der Waals surface area (Å²) in [5.41, 5.74) is 1.00. The molecule has 2 N–H and O–H groups in total. The van der Waals surface area contributed by atoms with Crippen molar-refractivity contribution in [3.05, 3.63) is 65.5 Å². The zero-order valence-corrected chi connectivity index (χ0v) is 13.1. The van der Waals surface area contributed by atoms with Gasteiger partial charge in [0.25, 0.3) is 5.24 Å². The molecule has 0 radical (unpaired) electrons. The minimum Gasteiger partial charge on any atom is -0.343 e. The third kappa shape index (κ3) is 3.53. The van der Waals surface area contributed by atoms with E-state index in [1.165, 1.54) is 12.3 Å². The van der Waals surface area contributed by atoms with Crippen molar-refractivity contribution in [1.29, 1.82) is 0 Å². The number of nitrogens with one attached hydrogen (secondary N) is 2. The first kappa shape index (κ1) is 16.4. The fourth-order valence-electron chi connectivity index (χ4n) is 2.37. The Balaban J connectivity index is 1.89. The van der Waals surface area contributed by atoms with Crippen LogP contribution in [0.4, 0.5) is 13.6 Å². The average molecular weight is 349 g/mol. The highest BCUT2D eigenvalue weighted by atomic mass is 32.2. The lowest BCUT2D eigenvalue weighted by Crippen LogP contribution is -2.44. The minimum absolute atomic E-state index is 0.263. The minimum atomic E-state index is -1.000. The van der Waals surface area contributed by atoms with Gasteiger partial charge in [-0.3, -0.25) is 14.6 Å². The number of carbonyl (C=O) groups excluding carboxylic acids is 2. The Kier molecular flexibility index (Phi) is 4.75. The van der Waals surface area contributed by atoms with Gasteiger partial charge < -0.3 is 10.6 Å². The van der Waals surface area contributed by atoms with E-state index >= 15 is 0 Å². The van der Waals surface area contributed by atoms with E-state index < -0.39 is 29.6 Å². The number of hydrogen-bond acceptors (Lipinski definition) is 4. The second-order valence-electron chi connectivity index (χ2n) is 5.20. The molecule has 1 fully saturated rings. The van der Waals surface area contributed by atoms with E-state index in [1.54, 1.807) is 18.3 Å². The molecule has 0 saturated carbocycles. The predicted octanol–water partition coefficient (Wildman–Crippen LogP) is 2.39. The first-order chi connectivity index (χ1) is 11.5. The Morgan fingerprint density at radius 1 is 1.29 bits per heavy atom. The van der Waals surface area contributed by atoms with Gasteiger partial charge in [0.1, 0.15) is 6.04 Å². The van der Waals surface area contributed by atoms with Crippen molar-refractivity contribution in [2.45, 2.75) is 12.1 Å². The summed E-state index contributed by atoms with van der Waals surface area (Å²) in [6.45, 7) is 0. The predicted molar refractivity (Wildman–Crippen MR) is 85.4 cm³/mol. The molecule has 2 aromatic rings. The Hall–Kier alpha value is -2.48. The zero-order chi connectivity index (χ0) is 17.1. The molecule has 1 aromatic heterocycles. The normalized spacial score (nSPS) is 18.1. The molecule has 2 heterocycles. The molecule has 1 aromatic carbocycles. The molecule has 0 unspecified atom stereocenters. The molecule has 0 aliphatic carbocycles. The summed E-state index contributed by atoms with van der Waals surface area (Å²) < 4.78 is 26.8. The molecule has 2 atom stereocenters. The monoisotopic (exact) mass is 349 g/mol. The first-order valence-electron chi connectivity index (χ1n) is 7.13. The lowest BCUT2D eigenvalue weighted by atomic mass is 9.99. The fraction of sp³-hybridized carbons (Fsp3) is 0.188. The van der Waals surface area contributed by atoms with Gasteiger partial charge in [0.05, 0.1) is 6.04 Å². The van der Waals surface area contributed by atoms with Crippen LogP contribution in [0.25, 0.3) is 0 Å². The number of amides is 2. The highest BCUT2D eigenvalue weighted by Crippen LogP contribution is 2.24. The van der Waals surface area contributed by atoms with Gasteiger partial charge in [-0.15, -0.1) is 0 Å². The second-order valence-corrected chi connectivity index (χ2v) is 6.19. The van der Waals surface area contributed by atoms with Crippen molar-refractivity contribution in [3.63, 3.8) is 0 Å². The standard InChI is InChI=1S/C16H13F2N3O2S/c17-11-4-3-9(6-12(11)18)14(10-2-1-5-19-7-10)21-15(22)13-8-24-16(23)20-13/h1-7,13-14H,8H2,(H,20,23)(H,21,22)/t13-,14+/m1/s1. The molecule has 0 bridgehead atoms. The Morgan fingerprint density at radius 2 is 2.12 bits per heavy atom. The van der Waals surface area contributed by atoms with E-state index in [9.17, 15) is 18.4 Å². The third-order valence-corrected chi connectivity index (χ3v) is 4.45. The molecule has 1 aliphatic heterocycles. The average Bonchev–Trinajstić information content (AvgIpc) is 3.02. The molecule has 0 spiro atoms. The maximum atomic E-state index is 13.6. The molecule has 2 amide bonds. The summed E-state index contributed by atoms with van der Waals surface area (Å²) in [5, 5.41) is 5.04. The summed E-state index contributed by atoms with van der Waals surface area (Å²) in [5.74, 6) is -2.04. The van der Waals surface area contributed by atoms with Crippen molar-refractivity contribution in [3.8, 4) is 0 Å². The quantitative estimate of drug-likeness (QED) is 0.889. The Labute approximate surface area is 140 Å². The lowest BCUT2D eigenvalue weighted by molar-refractivity contribution is -0.122. The van der Waals surface area contributed by atoms with Crippen molar-refractivity contribution >= 4 is 22.9 Å². The summed E-state index contributed by atoms with van der Waals surface area (Å²) in [7, 11) is 0. The fourth-order valence-corrected chi connectivity index (χ4v) is 3.14. The van der Waals surface area contributed by atoms with Crippen LogP contribution in [0.3, 0.4) is 0 Å². The van der Waals surface area contributed by atoms with E-state index in [4.69, 9.17) is 0 Å². The molecule has 5 nitrogen and oxygen atoms in total. The molecule has 1 aliphatic rings. The Bertz CT molecular complexity index is 773. The summed E-state index contributed by atoms with van der Waals surface area (Å²) in [4.78, 5) is 27.6. The SMILES string of the molecule is O=C1N[C@@H](C(=O)N[C@H](c2cccnc2)c2ccc(F)c(F)c2)CS1. The number of carbonyl (C=O) groups is 2. The largest absolute Gasteiger partial charge is 0.343 e. The van der Waals surface area contributed by atoms with Gasteiger partial charge in [-0.25, -0.2) is 8.78 Å². The smallest absolute Gasteiger partial charge is 0.279 e. The molecular formula is C16H13F2N3O2S. The van der Waals surface area contributed by atoms with Crippen LogP contribution >= 0.6 is 11.8 Å². The maximum absolute atomic E-state index is 13.6. The number of halogens is 2. The highest BCUT2D eigenvalue weighted by molar-refractivity contribution is 8.14. The number of nitrogens with zero attached hydrogens (tertiary/aromatic N) is 1. The van der Waals surface area contributed by atoms with Crippen LogP contribution in [-0.4, -0.2) is 27.9 Å². The molecule has 8 heteroatoms. The Morgan fingerprint density at radius 3 is 2.75 bits per heavy atom. The van der Waals surface area contributed by atoms with Crippen LogP contribution in [-0.2, 0) is 4.79 Å². The van der Waals surface area contributed by atoms with E-state index in [0.717, 1.165) is 23.9 Å². The second kappa shape index (κ2) is 6.96. The first-order valence-corrected chi connectivity index (χ1v) is 8.11. The third-order valence-electron chi connectivity index (χ3n) is 3.57. The van der Waals surface area contributed by atoms with Crippen LogP contribution in [0.15, 0.2) is 42.7 Å². The van der Waals surface area contributed by atoms with Crippen LogP contribution < -0.4 is 10.6 Å². The molecule has 1 saturated heterocycles. The van der Waals surface area contributed by atoms with Crippen molar-refractivity contribution < 1.29 is 18.4 Å². The topological polar surface area (TPSA) is 71.1 Å². The van der Waals surface area contributed by atoms with E-state index in [0.29, 0.717) is 16.9 Å². The van der Waals surface area contributed by atoms with Gasteiger partial charge in [-0.1, -0.05) is 23.9 Å². The van der Waals surface area contributed by atoms with Crippen LogP contribution in [0.5, 0.6) is 0 Å². The van der Waals surface area contributed by atoms with Gasteiger partial charge in [0.2, 0.25) is 5.91 Å². The van der Waals surface area contributed by atoms with Crippen molar-refractivity contribution in [2.24, 2.45) is 0 Å². The summed E-state index contributed by atoms with van der Waals surface area (Å²) >= 11 is 1.02. The van der Waals surface area contributed by atoms with Crippen LogP contribution in [0.1, 0.15) is 17.2 Å². The van der Waals surface area contributed by atoms with Gasteiger partial charge >= 0.3 is 0 Å². The number of aromatic nitrogens is 1. The van der Waals surface area contributed by atoms with E-state index in [2.05, 4.69) is 15.6 Å². The van der Waals surface area contributed by atoms with Gasteiger partial charge in [-0.2, -0.15) is 0 Å². The van der Waals surface area contributed by atoms with Gasteiger partial charge in [-0.05, 0) is 29.3 Å². The summed E-state index contributed by atoms with van der Waals surface area (Å²) in [6, 6.07) is 5.49. The van der Waals surface area contributed by atoms with Gasteiger partial charge in [0, 0.05) is 18.1 Å². The molecule has 124 valence electrons. The van der Waals surface area contributed by atoms with Crippen LogP contribution in [0.2, 0.25) is 0 Å². The number of benzene rings is 1. The maximum Gasteiger partial charge on any atom is 0.279 e. The van der Waals surface area contributed by atoms with Crippen molar-refractivity contribution in [2.75, 3.05) is 5.75 Å². The van der Waals surface area contributed by atoms with Gasteiger partial charge in [0.15, 0.2) is 11.6 Å². The summed E-state index contributed by atoms with van der Waals surface area (Å²) in [6.07, 6.45) is 3.11. The molecular weight excluding hydrogens is 336 g/mol. The number of hydrogen-bond donors (Lipinski definition) is 2. The molecule has 24 heavy (non-hydrogen) atoms. The number of thioether (sulfide) groups is 1. The lowest BCUT2D eigenvalue weighted by Gasteiger charge is -2.21. The van der Waals surface area contributed by atoms with E-state index in [-0.39, 0.29) is 5.24 Å². The van der Waals surface area contributed by atoms with Crippen molar-refractivity contribution in [1.82, 2.24) is 15.6 Å². The van der Waals surface area contributed by atoms with E-state index in [1.807, 2.05) is 0 Å².